The molecule has 4 rings (SSSR count). The Morgan fingerprint density at radius 1 is 1.25 bits per heavy atom. The molecule has 3 aromatic rings. The Morgan fingerprint density at radius 3 is 2.78 bits per heavy atom. The third kappa shape index (κ3) is 5.83. The van der Waals surface area contributed by atoms with Crippen molar-refractivity contribution >= 4 is 28.3 Å². The minimum atomic E-state index is -0.157. The Bertz CT molecular complexity index is 1270. The molecule has 3 amide bonds. The molecule has 0 radical (unpaired) electrons. The van der Waals surface area contributed by atoms with Crippen LogP contribution in [0, 0.1) is 11.3 Å². The molecule has 0 aliphatic carbocycles. The predicted octanol–water partition coefficient (Wildman–Crippen LogP) is 4.81. The fraction of sp³-hybridized carbons (Fsp3) is 0.333. The summed E-state index contributed by atoms with van der Waals surface area (Å²) >= 11 is 1.38. The molecule has 186 valence electrons. The van der Waals surface area contributed by atoms with Crippen LogP contribution >= 0.6 is 11.3 Å². The Balaban J connectivity index is 1.40. The fourth-order valence-corrected chi connectivity index (χ4v) is 5.54. The maximum absolute atomic E-state index is 12.9. The van der Waals surface area contributed by atoms with Crippen molar-refractivity contribution in [1.29, 1.82) is 5.26 Å². The van der Waals surface area contributed by atoms with Crippen LogP contribution in [0.25, 0.3) is 0 Å². The number of benzene rings is 1. The molecule has 0 saturated carbocycles. The van der Waals surface area contributed by atoms with E-state index in [-0.39, 0.29) is 24.3 Å². The van der Waals surface area contributed by atoms with Gasteiger partial charge in [0.2, 0.25) is 5.91 Å². The summed E-state index contributed by atoms with van der Waals surface area (Å²) in [5.74, 6) is 0.579. The fourth-order valence-electron chi connectivity index (χ4n) is 4.31. The minimum Gasteiger partial charge on any atom is -0.494 e. The van der Waals surface area contributed by atoms with Gasteiger partial charge in [-0.25, -0.2) is 4.79 Å². The maximum atomic E-state index is 12.9. The van der Waals surface area contributed by atoms with Crippen LogP contribution in [0.2, 0.25) is 0 Å². The van der Waals surface area contributed by atoms with Crippen LogP contribution in [0.4, 0.5) is 9.80 Å². The van der Waals surface area contributed by atoms with Crippen LogP contribution in [0.15, 0.2) is 48.8 Å². The van der Waals surface area contributed by atoms with Gasteiger partial charge in [-0.1, -0.05) is 25.1 Å². The monoisotopic (exact) mass is 503 g/mol. The second-order valence-electron chi connectivity index (χ2n) is 8.63. The molecule has 0 spiro atoms. The first-order chi connectivity index (χ1) is 17.5. The normalized spacial score (nSPS) is 13.3. The van der Waals surface area contributed by atoms with Crippen LogP contribution in [0.5, 0.6) is 5.75 Å². The lowest BCUT2D eigenvalue weighted by molar-refractivity contribution is -0.116. The summed E-state index contributed by atoms with van der Waals surface area (Å²) in [5.41, 5.74) is 3.38. The van der Waals surface area contributed by atoms with Crippen LogP contribution < -0.4 is 15.4 Å². The van der Waals surface area contributed by atoms with E-state index in [2.05, 4.69) is 21.7 Å². The average molecular weight is 504 g/mol. The van der Waals surface area contributed by atoms with Gasteiger partial charge in [-0.15, -0.1) is 11.3 Å². The summed E-state index contributed by atoms with van der Waals surface area (Å²) in [7, 11) is 0. The van der Waals surface area contributed by atoms with Crippen LogP contribution in [0.1, 0.15) is 53.3 Å². The quantitative estimate of drug-likeness (QED) is 0.459. The van der Waals surface area contributed by atoms with Crippen LogP contribution in [0.3, 0.4) is 0 Å². The summed E-state index contributed by atoms with van der Waals surface area (Å²) in [6.07, 6.45) is 4.22. The van der Waals surface area contributed by atoms with Crippen molar-refractivity contribution in [3.63, 3.8) is 0 Å². The van der Waals surface area contributed by atoms with E-state index >= 15 is 0 Å². The van der Waals surface area contributed by atoms with Gasteiger partial charge in [0, 0.05) is 36.8 Å². The predicted molar refractivity (Wildman–Crippen MR) is 139 cm³/mol. The molecular weight excluding hydrogens is 474 g/mol. The summed E-state index contributed by atoms with van der Waals surface area (Å²) in [4.78, 5) is 32.3. The van der Waals surface area contributed by atoms with Gasteiger partial charge in [0.1, 0.15) is 16.8 Å². The molecule has 0 bridgehead atoms. The maximum Gasteiger partial charge on any atom is 0.318 e. The van der Waals surface area contributed by atoms with Crippen LogP contribution in [-0.4, -0.2) is 35.0 Å². The number of hydrogen-bond donors (Lipinski definition) is 2. The molecule has 1 aliphatic heterocycles. The zero-order valence-electron chi connectivity index (χ0n) is 20.4. The number of nitrogens with one attached hydrogen (secondary N) is 2. The number of thiophene rings is 1. The topological polar surface area (TPSA) is 107 Å². The highest BCUT2D eigenvalue weighted by atomic mass is 32.1. The minimum absolute atomic E-state index is 0.0487. The number of nitrogens with zero attached hydrogens (tertiary/aromatic N) is 3. The Hall–Kier alpha value is -3.90. The smallest absolute Gasteiger partial charge is 0.318 e. The summed E-state index contributed by atoms with van der Waals surface area (Å²) in [5, 5.41) is 16.2. The highest BCUT2D eigenvalue weighted by Gasteiger charge is 2.28. The van der Waals surface area contributed by atoms with Gasteiger partial charge < -0.3 is 20.3 Å². The highest BCUT2D eigenvalue weighted by molar-refractivity contribution is 7.16. The van der Waals surface area contributed by atoms with Gasteiger partial charge in [0.25, 0.3) is 0 Å². The molecule has 9 heteroatoms. The molecular formula is C27H29N5O3S. The third-order valence-corrected chi connectivity index (χ3v) is 7.28. The van der Waals surface area contributed by atoms with Crippen molar-refractivity contribution < 1.29 is 14.3 Å². The molecule has 0 fully saturated rings. The first-order valence-corrected chi connectivity index (χ1v) is 12.8. The molecule has 2 aromatic heterocycles. The summed E-state index contributed by atoms with van der Waals surface area (Å²) < 4.78 is 5.71. The number of ether oxygens (including phenoxy) is 1. The Morgan fingerprint density at radius 2 is 2.03 bits per heavy atom. The molecule has 1 atom stereocenters. The second kappa shape index (κ2) is 11.7. The first-order valence-electron chi connectivity index (χ1n) is 12.0. The number of rotatable bonds is 8. The third-order valence-electron chi connectivity index (χ3n) is 6.14. The van der Waals surface area contributed by atoms with Crippen molar-refractivity contribution in [2.45, 2.75) is 45.7 Å². The Kier molecular flexibility index (Phi) is 8.18. The molecule has 1 aliphatic rings. The van der Waals surface area contributed by atoms with E-state index in [9.17, 15) is 14.9 Å². The van der Waals surface area contributed by atoms with E-state index in [0.717, 1.165) is 27.3 Å². The number of aromatic nitrogens is 1. The summed E-state index contributed by atoms with van der Waals surface area (Å²) in [6.45, 7) is 5.82. The SMILES string of the molecule is CCOc1ccccc1C(C)CC(=O)Nc1sc2c(c1C#N)CCN(C(=O)NCc1ccncc1)C2. The molecule has 0 saturated heterocycles. The number of pyridine rings is 1. The molecule has 8 nitrogen and oxygen atoms in total. The zero-order valence-corrected chi connectivity index (χ0v) is 21.2. The lowest BCUT2D eigenvalue weighted by Gasteiger charge is -2.27. The number of anilines is 1. The number of carbonyl (C=O) groups is 2. The zero-order chi connectivity index (χ0) is 25.5. The lowest BCUT2D eigenvalue weighted by atomic mass is 9.96. The molecule has 3 heterocycles. The van der Waals surface area contributed by atoms with E-state index in [0.29, 0.717) is 43.2 Å². The highest BCUT2D eigenvalue weighted by Crippen LogP contribution is 2.37. The average Bonchev–Trinajstić information content (AvgIpc) is 3.24. The largest absolute Gasteiger partial charge is 0.494 e. The molecule has 1 unspecified atom stereocenters. The summed E-state index contributed by atoms with van der Waals surface area (Å²) in [6, 6.07) is 13.6. The number of urea groups is 1. The second-order valence-corrected chi connectivity index (χ2v) is 9.73. The molecule has 2 N–H and O–H groups in total. The van der Waals surface area contributed by atoms with E-state index in [1.54, 1.807) is 17.3 Å². The number of amides is 3. The van der Waals surface area contributed by atoms with E-state index in [4.69, 9.17) is 4.74 Å². The number of nitriles is 1. The lowest BCUT2D eigenvalue weighted by Crippen LogP contribution is -2.42. The standard InChI is InChI=1S/C27H29N5O3S/c1-3-35-23-7-5-4-6-20(23)18(2)14-25(33)31-26-22(15-28)21-10-13-32(17-24(21)36-26)27(34)30-16-19-8-11-29-12-9-19/h4-9,11-12,18H,3,10,13-14,16-17H2,1-2H3,(H,30,34)(H,31,33). The van der Waals surface area contributed by atoms with Crippen molar-refractivity contribution in [3.05, 3.63) is 75.9 Å². The number of para-hydroxylation sites is 1. The van der Waals surface area contributed by atoms with E-state index < -0.39 is 0 Å². The van der Waals surface area contributed by atoms with Crippen molar-refractivity contribution in [1.82, 2.24) is 15.2 Å². The van der Waals surface area contributed by atoms with Gasteiger partial charge in [-0.2, -0.15) is 5.26 Å². The van der Waals surface area contributed by atoms with E-state index in [1.807, 2.05) is 50.2 Å². The van der Waals surface area contributed by atoms with Crippen molar-refractivity contribution in [2.24, 2.45) is 0 Å². The molecule has 1 aromatic carbocycles. The van der Waals surface area contributed by atoms with Crippen LogP contribution in [-0.2, 0) is 24.3 Å². The van der Waals surface area contributed by atoms with Gasteiger partial charge in [0.05, 0.1) is 18.7 Å². The molecule has 36 heavy (non-hydrogen) atoms. The number of fused-ring (bicyclic) bond motifs is 1. The van der Waals surface area contributed by atoms with E-state index in [1.165, 1.54) is 11.3 Å². The van der Waals surface area contributed by atoms with Gasteiger partial charge in [0.15, 0.2) is 0 Å². The van der Waals surface area contributed by atoms with Gasteiger partial charge in [-0.3, -0.25) is 9.78 Å². The Labute approximate surface area is 214 Å². The van der Waals surface area contributed by atoms with Gasteiger partial charge in [-0.05, 0) is 54.2 Å². The number of carbonyl (C=O) groups excluding carboxylic acids is 2. The van der Waals surface area contributed by atoms with Gasteiger partial charge >= 0.3 is 6.03 Å². The first kappa shape index (κ1) is 25.2. The van der Waals surface area contributed by atoms with Crippen molar-refractivity contribution in [2.75, 3.05) is 18.5 Å². The van der Waals surface area contributed by atoms with Crippen molar-refractivity contribution in [3.8, 4) is 11.8 Å². The number of hydrogen-bond acceptors (Lipinski definition) is 6.